The average Bonchev–Trinajstić information content (AvgIpc) is 2.97. The van der Waals surface area contributed by atoms with Crippen LogP contribution in [0.4, 0.5) is 0 Å². The first-order valence-electron chi connectivity index (χ1n) is 6.60. The third kappa shape index (κ3) is 2.97. The van der Waals surface area contributed by atoms with Crippen LogP contribution in [-0.4, -0.2) is 27.1 Å². The van der Waals surface area contributed by atoms with E-state index in [-0.39, 0.29) is 6.10 Å². The van der Waals surface area contributed by atoms with Gasteiger partial charge in [0.05, 0.1) is 11.4 Å². The van der Waals surface area contributed by atoms with E-state index in [9.17, 15) is 8.42 Å². The number of hydrogen-bond acceptors (Lipinski definition) is 4. The van der Waals surface area contributed by atoms with Crippen molar-refractivity contribution < 1.29 is 13.2 Å². The molecule has 21 heavy (non-hydrogen) atoms. The van der Waals surface area contributed by atoms with Crippen LogP contribution in [0.15, 0.2) is 64.5 Å². The minimum atomic E-state index is -3.17. The topological polar surface area (TPSA) is 55.7 Å². The summed E-state index contributed by atoms with van der Waals surface area (Å²) < 4.78 is 28.8. The molecule has 0 bridgehead atoms. The van der Waals surface area contributed by atoms with Crippen LogP contribution in [0, 0.1) is 0 Å². The van der Waals surface area contributed by atoms with E-state index in [1.165, 1.54) is 6.26 Å². The summed E-state index contributed by atoms with van der Waals surface area (Å²) in [4.78, 5) is 4.72. The molecule has 4 nitrogen and oxygen atoms in total. The van der Waals surface area contributed by atoms with E-state index in [2.05, 4.69) is 4.99 Å². The largest absolute Gasteiger partial charge is 0.467 e. The standard InChI is InChI=1S/C16H15NO3S/c1-21(18,19)14-9-7-12(8-10-14)15-11-17-16(20-15)13-5-3-2-4-6-13/h2-10,15H,11H2,1H3. The highest BCUT2D eigenvalue weighted by atomic mass is 32.2. The van der Waals surface area contributed by atoms with Gasteiger partial charge < -0.3 is 4.74 Å². The molecule has 0 amide bonds. The number of nitrogens with zero attached hydrogens (tertiary/aromatic N) is 1. The molecule has 0 fully saturated rings. The van der Waals surface area contributed by atoms with E-state index in [0.717, 1.165) is 11.1 Å². The van der Waals surface area contributed by atoms with Crippen molar-refractivity contribution in [3.05, 3.63) is 65.7 Å². The Kier molecular flexibility index (Phi) is 3.51. The Morgan fingerprint density at radius 2 is 1.71 bits per heavy atom. The first kappa shape index (κ1) is 13.8. The van der Waals surface area contributed by atoms with Gasteiger partial charge in [-0.15, -0.1) is 0 Å². The lowest BCUT2D eigenvalue weighted by molar-refractivity contribution is 0.230. The second-order valence-electron chi connectivity index (χ2n) is 4.96. The minimum absolute atomic E-state index is 0.159. The smallest absolute Gasteiger partial charge is 0.216 e. The summed E-state index contributed by atoms with van der Waals surface area (Å²) in [6.07, 6.45) is 1.04. The molecular formula is C16H15NO3S. The van der Waals surface area contributed by atoms with Crippen molar-refractivity contribution in [2.24, 2.45) is 4.99 Å². The maximum Gasteiger partial charge on any atom is 0.216 e. The number of aliphatic imine (C=N–C) groups is 1. The fourth-order valence-corrected chi connectivity index (χ4v) is 2.85. The Morgan fingerprint density at radius 1 is 1.05 bits per heavy atom. The van der Waals surface area contributed by atoms with Crippen LogP contribution >= 0.6 is 0 Å². The molecule has 0 saturated heterocycles. The Labute approximate surface area is 124 Å². The molecule has 0 spiro atoms. The van der Waals surface area contributed by atoms with Gasteiger partial charge in [0.2, 0.25) is 5.90 Å². The first-order valence-corrected chi connectivity index (χ1v) is 8.50. The lowest BCUT2D eigenvalue weighted by Gasteiger charge is -2.12. The molecule has 0 aromatic heterocycles. The fourth-order valence-electron chi connectivity index (χ4n) is 2.22. The van der Waals surface area contributed by atoms with Crippen LogP contribution < -0.4 is 0 Å². The van der Waals surface area contributed by atoms with Crippen molar-refractivity contribution in [2.45, 2.75) is 11.0 Å². The molecule has 108 valence electrons. The third-order valence-corrected chi connectivity index (χ3v) is 4.48. The lowest BCUT2D eigenvalue weighted by atomic mass is 10.1. The molecule has 5 heteroatoms. The Morgan fingerprint density at radius 3 is 2.33 bits per heavy atom. The Balaban J connectivity index is 1.76. The molecule has 1 heterocycles. The second kappa shape index (κ2) is 5.33. The highest BCUT2D eigenvalue weighted by Gasteiger charge is 2.22. The van der Waals surface area contributed by atoms with E-state index in [0.29, 0.717) is 17.3 Å². The maximum absolute atomic E-state index is 11.4. The molecule has 0 radical (unpaired) electrons. The SMILES string of the molecule is CS(=O)(=O)c1ccc(C2CN=C(c3ccccc3)O2)cc1. The summed E-state index contributed by atoms with van der Waals surface area (Å²) in [6.45, 7) is 0.544. The molecule has 1 aliphatic heterocycles. The summed E-state index contributed by atoms with van der Waals surface area (Å²) in [7, 11) is -3.17. The first-order chi connectivity index (χ1) is 10.0. The van der Waals surface area contributed by atoms with Crippen molar-refractivity contribution in [1.29, 1.82) is 0 Å². The average molecular weight is 301 g/mol. The number of sulfone groups is 1. The second-order valence-corrected chi connectivity index (χ2v) is 6.98. The number of ether oxygens (including phenoxy) is 1. The van der Waals surface area contributed by atoms with E-state index in [4.69, 9.17) is 4.74 Å². The molecule has 0 aliphatic carbocycles. The van der Waals surface area contributed by atoms with Crippen LogP contribution in [0.5, 0.6) is 0 Å². The molecule has 0 saturated carbocycles. The van der Waals surface area contributed by atoms with E-state index in [1.807, 2.05) is 30.3 Å². The zero-order chi connectivity index (χ0) is 14.9. The van der Waals surface area contributed by atoms with Crippen LogP contribution in [0.1, 0.15) is 17.2 Å². The predicted octanol–water partition coefficient (Wildman–Crippen LogP) is 2.61. The molecule has 1 atom stereocenters. The minimum Gasteiger partial charge on any atom is -0.467 e. The van der Waals surface area contributed by atoms with E-state index >= 15 is 0 Å². The number of benzene rings is 2. The van der Waals surface area contributed by atoms with E-state index < -0.39 is 9.84 Å². The Hall–Kier alpha value is -2.14. The van der Waals surface area contributed by atoms with Gasteiger partial charge in [-0.05, 0) is 29.8 Å². The fraction of sp³-hybridized carbons (Fsp3) is 0.188. The zero-order valence-electron chi connectivity index (χ0n) is 11.6. The third-order valence-electron chi connectivity index (χ3n) is 3.36. The van der Waals surface area contributed by atoms with E-state index in [1.54, 1.807) is 24.3 Å². The molecule has 1 unspecified atom stereocenters. The van der Waals surface area contributed by atoms with Gasteiger partial charge in [0.25, 0.3) is 0 Å². The monoisotopic (exact) mass is 301 g/mol. The van der Waals surface area contributed by atoms with Crippen LogP contribution in [0.25, 0.3) is 0 Å². The van der Waals surface area contributed by atoms with Gasteiger partial charge in [0.15, 0.2) is 9.84 Å². The molecule has 1 aliphatic rings. The Bertz CT molecular complexity index is 765. The van der Waals surface area contributed by atoms with Gasteiger partial charge in [-0.3, -0.25) is 0 Å². The van der Waals surface area contributed by atoms with Gasteiger partial charge in [0, 0.05) is 11.8 Å². The lowest BCUT2D eigenvalue weighted by Crippen LogP contribution is -2.06. The van der Waals surface area contributed by atoms with Gasteiger partial charge in [-0.2, -0.15) is 0 Å². The normalized spacial score (nSPS) is 18.1. The highest BCUT2D eigenvalue weighted by molar-refractivity contribution is 7.90. The molecule has 0 N–H and O–H groups in total. The quantitative estimate of drug-likeness (QED) is 0.875. The predicted molar refractivity (Wildman–Crippen MR) is 81.2 cm³/mol. The molecule has 3 rings (SSSR count). The van der Waals surface area contributed by atoms with Crippen LogP contribution in [-0.2, 0) is 14.6 Å². The summed E-state index contributed by atoms with van der Waals surface area (Å²) in [6, 6.07) is 16.5. The zero-order valence-corrected chi connectivity index (χ0v) is 12.4. The van der Waals surface area contributed by atoms with Crippen molar-refractivity contribution in [3.63, 3.8) is 0 Å². The van der Waals surface area contributed by atoms with Crippen LogP contribution in [0.3, 0.4) is 0 Å². The van der Waals surface area contributed by atoms with Gasteiger partial charge in [0.1, 0.15) is 6.10 Å². The highest BCUT2D eigenvalue weighted by Crippen LogP contribution is 2.26. The summed E-state index contributed by atoms with van der Waals surface area (Å²) in [5.74, 6) is 0.632. The molecule has 2 aromatic carbocycles. The molecule has 2 aromatic rings. The maximum atomic E-state index is 11.4. The van der Waals surface area contributed by atoms with Gasteiger partial charge in [-0.1, -0.05) is 30.3 Å². The van der Waals surface area contributed by atoms with Crippen molar-refractivity contribution in [1.82, 2.24) is 0 Å². The molecular weight excluding hydrogens is 286 g/mol. The van der Waals surface area contributed by atoms with Crippen LogP contribution in [0.2, 0.25) is 0 Å². The number of rotatable bonds is 3. The van der Waals surface area contributed by atoms with Crippen molar-refractivity contribution in [3.8, 4) is 0 Å². The summed E-state index contributed by atoms with van der Waals surface area (Å²) >= 11 is 0. The van der Waals surface area contributed by atoms with Gasteiger partial charge in [-0.25, -0.2) is 13.4 Å². The van der Waals surface area contributed by atoms with Crippen molar-refractivity contribution in [2.75, 3.05) is 12.8 Å². The van der Waals surface area contributed by atoms with Gasteiger partial charge >= 0.3 is 0 Å². The number of hydrogen-bond donors (Lipinski definition) is 0. The van der Waals surface area contributed by atoms with Crippen molar-refractivity contribution >= 4 is 15.7 Å². The summed E-state index contributed by atoms with van der Waals surface area (Å²) in [5, 5.41) is 0. The summed E-state index contributed by atoms with van der Waals surface area (Å²) in [5.41, 5.74) is 1.88.